The number of fused-ring (bicyclic) bond motifs is 1. The molecule has 0 aliphatic carbocycles. The van der Waals surface area contributed by atoms with E-state index >= 15 is 0 Å². The monoisotopic (exact) mass is 340 g/mol. The molecule has 2 aliphatic rings. The molecule has 1 amide bonds. The van der Waals surface area contributed by atoms with Crippen molar-refractivity contribution in [2.75, 3.05) is 25.2 Å². The van der Waals surface area contributed by atoms with E-state index in [1.165, 1.54) is 6.42 Å². The van der Waals surface area contributed by atoms with Crippen LogP contribution in [0.3, 0.4) is 0 Å². The molecule has 7 nitrogen and oxygen atoms in total. The van der Waals surface area contributed by atoms with Crippen LogP contribution in [0.25, 0.3) is 0 Å². The number of ether oxygens (including phenoxy) is 2. The molecule has 7 heteroatoms. The van der Waals surface area contributed by atoms with Crippen LogP contribution < -0.4 is 14.8 Å². The van der Waals surface area contributed by atoms with Crippen LogP contribution in [0.5, 0.6) is 11.5 Å². The van der Waals surface area contributed by atoms with Crippen LogP contribution in [0, 0.1) is 5.92 Å². The van der Waals surface area contributed by atoms with Gasteiger partial charge in [-0.2, -0.15) is 0 Å². The number of likely N-dealkylation sites (tertiary alicyclic amines) is 1. The lowest BCUT2D eigenvalue weighted by atomic mass is 10.00. The van der Waals surface area contributed by atoms with Gasteiger partial charge < -0.3 is 19.7 Å². The topological polar surface area (TPSA) is 76.6 Å². The lowest BCUT2D eigenvalue weighted by Crippen LogP contribution is -2.39. The van der Waals surface area contributed by atoms with Gasteiger partial charge in [-0.15, -0.1) is 0 Å². The van der Waals surface area contributed by atoms with Crippen LogP contribution in [-0.4, -0.2) is 40.7 Å². The predicted octanol–water partition coefficient (Wildman–Crippen LogP) is 2.82. The SMILES string of the molecule is CC1CCCN(C(=O)c2ccnc(Nc3ccc4c(c3)OCO4)n2)C1. The highest BCUT2D eigenvalue weighted by Crippen LogP contribution is 2.34. The van der Waals surface area contributed by atoms with Crippen molar-refractivity contribution < 1.29 is 14.3 Å². The van der Waals surface area contributed by atoms with Gasteiger partial charge in [0.2, 0.25) is 12.7 Å². The Morgan fingerprint density at radius 3 is 3.04 bits per heavy atom. The summed E-state index contributed by atoms with van der Waals surface area (Å²) in [6.45, 7) is 3.98. The van der Waals surface area contributed by atoms with Gasteiger partial charge in [0.1, 0.15) is 5.69 Å². The number of hydrogen-bond donors (Lipinski definition) is 1. The first-order valence-electron chi connectivity index (χ1n) is 8.48. The van der Waals surface area contributed by atoms with E-state index in [2.05, 4.69) is 22.2 Å². The average Bonchev–Trinajstić information content (AvgIpc) is 3.09. The van der Waals surface area contributed by atoms with E-state index in [0.717, 1.165) is 30.9 Å². The minimum atomic E-state index is -0.0392. The largest absolute Gasteiger partial charge is 0.454 e. The predicted molar refractivity (Wildman–Crippen MR) is 92.2 cm³/mol. The smallest absolute Gasteiger partial charge is 0.272 e. The number of aromatic nitrogens is 2. The molecule has 0 spiro atoms. The Bertz CT molecular complexity index is 796. The average molecular weight is 340 g/mol. The van der Waals surface area contributed by atoms with Gasteiger partial charge in [-0.25, -0.2) is 9.97 Å². The summed E-state index contributed by atoms with van der Waals surface area (Å²) >= 11 is 0. The maximum absolute atomic E-state index is 12.7. The van der Waals surface area contributed by atoms with E-state index in [-0.39, 0.29) is 12.7 Å². The maximum Gasteiger partial charge on any atom is 0.272 e. The number of piperidine rings is 1. The summed E-state index contributed by atoms with van der Waals surface area (Å²) in [6, 6.07) is 7.17. The van der Waals surface area contributed by atoms with E-state index in [4.69, 9.17) is 9.47 Å². The number of hydrogen-bond acceptors (Lipinski definition) is 6. The Morgan fingerprint density at radius 1 is 1.28 bits per heavy atom. The second-order valence-corrected chi connectivity index (χ2v) is 6.46. The van der Waals surface area contributed by atoms with Crippen LogP contribution in [-0.2, 0) is 0 Å². The Balaban J connectivity index is 1.50. The number of nitrogens with zero attached hydrogens (tertiary/aromatic N) is 3. The zero-order chi connectivity index (χ0) is 17.2. The minimum absolute atomic E-state index is 0.0392. The molecule has 1 saturated heterocycles. The quantitative estimate of drug-likeness (QED) is 0.926. The molecular formula is C18H20N4O3. The van der Waals surface area contributed by atoms with Gasteiger partial charge in [0.25, 0.3) is 5.91 Å². The highest BCUT2D eigenvalue weighted by Gasteiger charge is 2.23. The van der Waals surface area contributed by atoms with Crippen LogP contribution in [0.4, 0.5) is 11.6 Å². The first-order chi connectivity index (χ1) is 12.2. The van der Waals surface area contributed by atoms with E-state index < -0.39 is 0 Å². The van der Waals surface area contributed by atoms with Crippen molar-refractivity contribution in [3.05, 3.63) is 36.2 Å². The molecule has 1 atom stereocenters. The van der Waals surface area contributed by atoms with Crippen LogP contribution >= 0.6 is 0 Å². The molecule has 130 valence electrons. The van der Waals surface area contributed by atoms with E-state index in [0.29, 0.717) is 23.3 Å². The summed E-state index contributed by atoms with van der Waals surface area (Å²) in [4.78, 5) is 23.1. The Labute approximate surface area is 146 Å². The Morgan fingerprint density at radius 2 is 2.16 bits per heavy atom. The lowest BCUT2D eigenvalue weighted by molar-refractivity contribution is 0.0677. The molecule has 1 unspecified atom stereocenters. The number of carbonyl (C=O) groups excluding carboxylic acids is 1. The number of anilines is 2. The van der Waals surface area contributed by atoms with Crippen molar-refractivity contribution in [3.63, 3.8) is 0 Å². The fraction of sp³-hybridized carbons (Fsp3) is 0.389. The highest BCUT2D eigenvalue weighted by atomic mass is 16.7. The fourth-order valence-corrected chi connectivity index (χ4v) is 3.18. The van der Waals surface area contributed by atoms with Crippen molar-refractivity contribution >= 4 is 17.5 Å². The van der Waals surface area contributed by atoms with E-state index in [1.54, 1.807) is 12.3 Å². The number of benzene rings is 1. The zero-order valence-electron chi connectivity index (χ0n) is 14.1. The summed E-state index contributed by atoms with van der Waals surface area (Å²) in [7, 11) is 0. The van der Waals surface area contributed by atoms with Crippen molar-refractivity contribution in [1.29, 1.82) is 0 Å². The van der Waals surface area contributed by atoms with Gasteiger partial charge in [-0.3, -0.25) is 4.79 Å². The van der Waals surface area contributed by atoms with Gasteiger partial charge in [0.05, 0.1) is 0 Å². The van der Waals surface area contributed by atoms with Crippen molar-refractivity contribution in [2.45, 2.75) is 19.8 Å². The minimum Gasteiger partial charge on any atom is -0.454 e. The number of rotatable bonds is 3. The number of carbonyl (C=O) groups is 1. The lowest BCUT2D eigenvalue weighted by Gasteiger charge is -2.30. The summed E-state index contributed by atoms with van der Waals surface area (Å²) in [5.74, 6) is 2.28. The van der Waals surface area contributed by atoms with Crippen molar-refractivity contribution in [2.24, 2.45) is 5.92 Å². The molecule has 1 aromatic carbocycles. The molecule has 1 aromatic heterocycles. The maximum atomic E-state index is 12.7. The molecule has 2 aliphatic heterocycles. The molecule has 0 saturated carbocycles. The molecule has 2 aromatic rings. The van der Waals surface area contributed by atoms with E-state index in [1.807, 2.05) is 23.1 Å². The third-order valence-electron chi connectivity index (χ3n) is 4.45. The molecular weight excluding hydrogens is 320 g/mol. The molecule has 1 N–H and O–H groups in total. The van der Waals surface area contributed by atoms with Crippen LogP contribution in [0.1, 0.15) is 30.3 Å². The summed E-state index contributed by atoms with van der Waals surface area (Å²) in [5.41, 5.74) is 1.19. The van der Waals surface area contributed by atoms with Crippen LogP contribution in [0.15, 0.2) is 30.5 Å². The van der Waals surface area contributed by atoms with Gasteiger partial charge in [0, 0.05) is 31.0 Å². The highest BCUT2D eigenvalue weighted by molar-refractivity contribution is 5.92. The number of nitrogens with one attached hydrogen (secondary N) is 1. The van der Waals surface area contributed by atoms with E-state index in [9.17, 15) is 4.79 Å². The van der Waals surface area contributed by atoms with Crippen molar-refractivity contribution in [3.8, 4) is 11.5 Å². The van der Waals surface area contributed by atoms with Gasteiger partial charge in [-0.05, 0) is 37.0 Å². The van der Waals surface area contributed by atoms with Gasteiger partial charge in [0.15, 0.2) is 11.5 Å². The summed E-state index contributed by atoms with van der Waals surface area (Å²) in [5, 5.41) is 3.11. The molecule has 0 radical (unpaired) electrons. The molecule has 1 fully saturated rings. The summed E-state index contributed by atoms with van der Waals surface area (Å²) < 4.78 is 10.7. The second kappa shape index (κ2) is 6.58. The van der Waals surface area contributed by atoms with Gasteiger partial charge in [-0.1, -0.05) is 6.92 Å². The number of amides is 1. The Hall–Kier alpha value is -2.83. The van der Waals surface area contributed by atoms with Crippen molar-refractivity contribution in [1.82, 2.24) is 14.9 Å². The molecule has 25 heavy (non-hydrogen) atoms. The molecule has 4 rings (SSSR count). The second-order valence-electron chi connectivity index (χ2n) is 6.46. The third kappa shape index (κ3) is 3.35. The summed E-state index contributed by atoms with van der Waals surface area (Å²) in [6.07, 6.45) is 3.81. The zero-order valence-corrected chi connectivity index (χ0v) is 14.1. The normalized spacial score (nSPS) is 18.9. The standard InChI is InChI=1S/C18H20N4O3/c1-12-3-2-8-22(10-12)17(23)14-6-7-19-18(21-14)20-13-4-5-15-16(9-13)25-11-24-15/h4-7,9,12H,2-3,8,10-11H2,1H3,(H,19,20,21). The Kier molecular flexibility index (Phi) is 4.13. The molecule has 0 bridgehead atoms. The van der Waals surface area contributed by atoms with Crippen LogP contribution in [0.2, 0.25) is 0 Å². The van der Waals surface area contributed by atoms with Gasteiger partial charge >= 0.3 is 0 Å². The first-order valence-corrected chi connectivity index (χ1v) is 8.48. The molecule has 3 heterocycles. The fourth-order valence-electron chi connectivity index (χ4n) is 3.18. The first kappa shape index (κ1) is 15.7. The third-order valence-corrected chi connectivity index (χ3v) is 4.45.